The zero-order chi connectivity index (χ0) is 20.1. The van der Waals surface area contributed by atoms with Crippen LogP contribution in [0.4, 0.5) is 18.9 Å². The van der Waals surface area contributed by atoms with Gasteiger partial charge in [0, 0.05) is 18.9 Å². The second kappa shape index (κ2) is 8.60. The first-order chi connectivity index (χ1) is 13.4. The van der Waals surface area contributed by atoms with E-state index in [9.17, 15) is 18.0 Å². The molecule has 2 aromatic rings. The van der Waals surface area contributed by atoms with Gasteiger partial charge in [-0.1, -0.05) is 12.1 Å². The summed E-state index contributed by atoms with van der Waals surface area (Å²) < 4.78 is 48.9. The number of benzene rings is 1. The van der Waals surface area contributed by atoms with Crippen LogP contribution in [-0.2, 0) is 15.7 Å². The number of hydrogen-bond acceptors (Lipinski definition) is 5. The summed E-state index contributed by atoms with van der Waals surface area (Å²) in [6.07, 6.45) is 0.876. The number of aromatic nitrogens is 1. The predicted molar refractivity (Wildman–Crippen MR) is 97.0 cm³/mol. The molecule has 0 spiro atoms. The quantitative estimate of drug-likeness (QED) is 0.751. The number of anilines is 1. The summed E-state index contributed by atoms with van der Waals surface area (Å²) in [5.74, 6) is -0.465. The Kier molecular flexibility index (Phi) is 6.18. The molecule has 0 radical (unpaired) electrons. The Balaban J connectivity index is 1.59. The van der Waals surface area contributed by atoms with Crippen molar-refractivity contribution in [3.05, 3.63) is 59.4 Å². The van der Waals surface area contributed by atoms with Crippen LogP contribution in [0.1, 0.15) is 46.9 Å². The van der Waals surface area contributed by atoms with Crippen molar-refractivity contribution in [3.8, 4) is 0 Å². The summed E-state index contributed by atoms with van der Waals surface area (Å²) in [5, 5.41) is 3.19. The lowest BCUT2D eigenvalue weighted by Crippen LogP contribution is -2.29. The molecule has 1 aromatic carbocycles. The summed E-state index contributed by atoms with van der Waals surface area (Å²) in [6, 6.07) is 6.78. The normalized spacial score (nSPS) is 19.9. The lowest BCUT2D eigenvalue weighted by atomic mass is 9.97. The maximum absolute atomic E-state index is 12.7. The molecule has 8 heteroatoms. The molecule has 1 fully saturated rings. The highest BCUT2D eigenvalue weighted by atomic mass is 19.4. The van der Waals surface area contributed by atoms with Crippen molar-refractivity contribution >= 4 is 11.7 Å². The van der Waals surface area contributed by atoms with E-state index < -0.39 is 17.7 Å². The zero-order valence-electron chi connectivity index (χ0n) is 15.3. The second-order valence-corrected chi connectivity index (χ2v) is 6.63. The van der Waals surface area contributed by atoms with Crippen molar-refractivity contribution in [2.45, 2.75) is 37.6 Å². The minimum atomic E-state index is -4.34. The monoisotopic (exact) mass is 394 g/mol. The Morgan fingerprint density at radius 3 is 2.68 bits per heavy atom. The highest BCUT2D eigenvalue weighted by molar-refractivity contribution is 5.89. The molecule has 1 saturated heterocycles. The molecule has 3 rings (SSSR count). The maximum Gasteiger partial charge on any atom is 0.416 e. The third-order valence-corrected chi connectivity index (χ3v) is 4.65. The van der Waals surface area contributed by atoms with E-state index in [1.165, 1.54) is 25.4 Å². The van der Waals surface area contributed by atoms with Gasteiger partial charge in [-0.2, -0.15) is 13.2 Å². The van der Waals surface area contributed by atoms with Crippen LogP contribution in [-0.4, -0.2) is 30.7 Å². The molecule has 0 bridgehead atoms. The first kappa shape index (κ1) is 20.1. The van der Waals surface area contributed by atoms with Gasteiger partial charge in [-0.05, 0) is 43.0 Å². The molecule has 2 heterocycles. The van der Waals surface area contributed by atoms with E-state index >= 15 is 0 Å². The topological polar surface area (TPSA) is 60.5 Å². The van der Waals surface area contributed by atoms with Gasteiger partial charge in [0.2, 0.25) is 0 Å². The van der Waals surface area contributed by atoms with E-state index in [0.29, 0.717) is 17.8 Å². The van der Waals surface area contributed by atoms with E-state index in [1.54, 1.807) is 12.3 Å². The van der Waals surface area contributed by atoms with Gasteiger partial charge >= 0.3 is 12.1 Å². The number of alkyl halides is 3. The zero-order valence-corrected chi connectivity index (χ0v) is 15.3. The minimum Gasteiger partial charge on any atom is -0.465 e. The number of methoxy groups -OCH3 is 1. The molecule has 1 aliphatic rings. The van der Waals surface area contributed by atoms with Crippen molar-refractivity contribution in [2.24, 2.45) is 0 Å². The summed E-state index contributed by atoms with van der Waals surface area (Å²) >= 11 is 0. The molecule has 1 aromatic heterocycles. The molecular weight excluding hydrogens is 373 g/mol. The van der Waals surface area contributed by atoms with Crippen LogP contribution in [0.2, 0.25) is 0 Å². The smallest absolute Gasteiger partial charge is 0.416 e. The number of esters is 1. The standard InChI is InChI=1S/C20H21F3N2O3/c1-27-19(26)14-9-16(11-24-10-14)25-12-17-3-2-4-18(28-17)13-5-7-15(8-6-13)20(21,22)23/h5-11,17-18,25H,2-4,12H2,1H3/t17-,18+/m1/s1. The molecular formula is C20H21F3N2O3. The van der Waals surface area contributed by atoms with Crippen LogP contribution in [0.15, 0.2) is 42.7 Å². The summed E-state index contributed by atoms with van der Waals surface area (Å²) in [4.78, 5) is 15.6. The van der Waals surface area contributed by atoms with Crippen LogP contribution in [0.25, 0.3) is 0 Å². The number of ether oxygens (including phenoxy) is 2. The molecule has 5 nitrogen and oxygen atoms in total. The number of nitrogens with zero attached hydrogens (tertiary/aromatic N) is 1. The Labute approximate surface area is 160 Å². The SMILES string of the molecule is COC(=O)c1cncc(NC[C@H]2CCC[C@@H](c3ccc(C(F)(F)F)cc3)O2)c1. The largest absolute Gasteiger partial charge is 0.465 e. The summed E-state index contributed by atoms with van der Waals surface area (Å²) in [7, 11) is 1.31. The Bertz CT molecular complexity index is 809. The van der Waals surface area contributed by atoms with Crippen LogP contribution < -0.4 is 5.32 Å². The lowest BCUT2D eigenvalue weighted by molar-refractivity contribution is -0.137. The van der Waals surface area contributed by atoms with Gasteiger partial charge < -0.3 is 14.8 Å². The van der Waals surface area contributed by atoms with Gasteiger partial charge in [-0.25, -0.2) is 4.79 Å². The number of hydrogen-bond donors (Lipinski definition) is 1. The highest BCUT2D eigenvalue weighted by Gasteiger charge is 2.31. The molecule has 1 aliphatic heterocycles. The molecule has 0 aliphatic carbocycles. The molecule has 0 unspecified atom stereocenters. The average Bonchev–Trinajstić information content (AvgIpc) is 2.71. The van der Waals surface area contributed by atoms with Gasteiger partial charge in [0.05, 0.1) is 36.1 Å². The average molecular weight is 394 g/mol. The maximum atomic E-state index is 12.7. The molecule has 150 valence electrons. The highest BCUT2D eigenvalue weighted by Crippen LogP contribution is 2.34. The van der Waals surface area contributed by atoms with Crippen molar-refractivity contribution in [1.82, 2.24) is 4.98 Å². The Hall–Kier alpha value is -2.61. The van der Waals surface area contributed by atoms with E-state index in [1.807, 2.05) is 0 Å². The third kappa shape index (κ3) is 5.01. The van der Waals surface area contributed by atoms with Crippen molar-refractivity contribution < 1.29 is 27.4 Å². The first-order valence-electron chi connectivity index (χ1n) is 8.96. The fraction of sp³-hybridized carbons (Fsp3) is 0.400. The van der Waals surface area contributed by atoms with E-state index in [4.69, 9.17) is 4.74 Å². The Morgan fingerprint density at radius 1 is 1.25 bits per heavy atom. The number of carbonyl (C=O) groups excluding carboxylic acids is 1. The molecule has 28 heavy (non-hydrogen) atoms. The number of rotatable bonds is 5. The summed E-state index contributed by atoms with van der Waals surface area (Å²) in [6.45, 7) is 0.503. The number of carbonyl (C=O) groups is 1. The first-order valence-corrected chi connectivity index (χ1v) is 8.96. The minimum absolute atomic E-state index is 0.0946. The van der Waals surface area contributed by atoms with Crippen LogP contribution in [0, 0.1) is 0 Å². The van der Waals surface area contributed by atoms with Crippen LogP contribution in [0.3, 0.4) is 0 Å². The molecule has 0 amide bonds. The fourth-order valence-corrected chi connectivity index (χ4v) is 3.18. The number of nitrogens with one attached hydrogen (secondary N) is 1. The van der Waals surface area contributed by atoms with Gasteiger partial charge in [0.25, 0.3) is 0 Å². The fourth-order valence-electron chi connectivity index (χ4n) is 3.18. The van der Waals surface area contributed by atoms with Crippen molar-refractivity contribution in [3.63, 3.8) is 0 Å². The molecule has 2 atom stereocenters. The van der Waals surface area contributed by atoms with Crippen molar-refractivity contribution in [1.29, 1.82) is 0 Å². The molecule has 1 N–H and O–H groups in total. The van der Waals surface area contributed by atoms with Gasteiger partial charge in [-0.3, -0.25) is 4.98 Å². The molecule has 0 saturated carbocycles. The van der Waals surface area contributed by atoms with Gasteiger partial charge in [0.1, 0.15) is 0 Å². The van der Waals surface area contributed by atoms with Crippen LogP contribution >= 0.6 is 0 Å². The van der Waals surface area contributed by atoms with E-state index in [0.717, 1.165) is 37.0 Å². The predicted octanol–water partition coefficient (Wildman–Crippen LogP) is 4.61. The van der Waals surface area contributed by atoms with Crippen molar-refractivity contribution in [2.75, 3.05) is 19.0 Å². The third-order valence-electron chi connectivity index (χ3n) is 4.65. The number of halogens is 3. The van der Waals surface area contributed by atoms with E-state index in [-0.39, 0.29) is 12.2 Å². The van der Waals surface area contributed by atoms with E-state index in [2.05, 4.69) is 15.0 Å². The second-order valence-electron chi connectivity index (χ2n) is 6.63. The van der Waals surface area contributed by atoms with Crippen LogP contribution in [0.5, 0.6) is 0 Å². The summed E-state index contributed by atoms with van der Waals surface area (Å²) in [5.41, 5.74) is 1.10. The lowest BCUT2D eigenvalue weighted by Gasteiger charge is -2.31. The number of pyridine rings is 1. The van der Waals surface area contributed by atoms with Gasteiger partial charge in [0.15, 0.2) is 0 Å². The van der Waals surface area contributed by atoms with Gasteiger partial charge in [-0.15, -0.1) is 0 Å². The Morgan fingerprint density at radius 2 is 2.00 bits per heavy atom.